The maximum Gasteiger partial charge on any atom is 0.126 e. The van der Waals surface area contributed by atoms with Crippen molar-refractivity contribution in [1.29, 1.82) is 0 Å². The Morgan fingerprint density at radius 3 is 2.93 bits per heavy atom. The van der Waals surface area contributed by atoms with Gasteiger partial charge in [-0.15, -0.1) is 0 Å². The molecule has 15 heavy (non-hydrogen) atoms. The largest absolute Gasteiger partial charge is 0.351 e. The van der Waals surface area contributed by atoms with Crippen molar-refractivity contribution in [2.75, 3.05) is 6.54 Å². The number of aromatic nitrogens is 1. The van der Waals surface area contributed by atoms with E-state index in [4.69, 9.17) is 5.73 Å². The second-order valence-electron chi connectivity index (χ2n) is 3.79. The summed E-state index contributed by atoms with van der Waals surface area (Å²) in [6.45, 7) is 0.381. The van der Waals surface area contributed by atoms with Crippen LogP contribution in [0.4, 0.5) is 4.39 Å². The van der Waals surface area contributed by atoms with E-state index in [1.807, 2.05) is 42.1 Å². The maximum atomic E-state index is 13.6. The Hall–Kier alpha value is -1.35. The van der Waals surface area contributed by atoms with Crippen LogP contribution in [0.1, 0.15) is 18.2 Å². The minimum atomic E-state index is -0.950. The fourth-order valence-corrected chi connectivity index (χ4v) is 1.79. The van der Waals surface area contributed by atoms with Crippen LogP contribution in [0.2, 0.25) is 0 Å². The molecule has 0 bridgehead atoms. The van der Waals surface area contributed by atoms with Gasteiger partial charge in [0.2, 0.25) is 0 Å². The lowest BCUT2D eigenvalue weighted by Gasteiger charge is -2.07. The molecule has 3 heteroatoms. The first kappa shape index (κ1) is 10.2. The van der Waals surface area contributed by atoms with Crippen molar-refractivity contribution >= 4 is 10.9 Å². The zero-order valence-electron chi connectivity index (χ0n) is 8.78. The van der Waals surface area contributed by atoms with E-state index in [2.05, 4.69) is 0 Å². The Labute approximate surface area is 88.5 Å². The highest BCUT2D eigenvalue weighted by Crippen LogP contribution is 2.25. The van der Waals surface area contributed by atoms with Gasteiger partial charge in [-0.05, 0) is 36.0 Å². The first-order valence-electron chi connectivity index (χ1n) is 5.11. The number of alkyl halides is 1. The smallest absolute Gasteiger partial charge is 0.126 e. The lowest BCUT2D eigenvalue weighted by atomic mass is 10.1. The summed E-state index contributed by atoms with van der Waals surface area (Å²) < 4.78 is 15.6. The molecule has 80 valence electrons. The number of hydrogen-bond donors (Lipinski definition) is 1. The van der Waals surface area contributed by atoms with Gasteiger partial charge in [0.05, 0.1) is 0 Å². The van der Waals surface area contributed by atoms with E-state index in [0.717, 1.165) is 16.5 Å². The molecule has 0 saturated carbocycles. The molecule has 2 aromatic rings. The lowest BCUT2D eigenvalue weighted by Crippen LogP contribution is -2.03. The molecule has 0 saturated heterocycles. The molecule has 1 aromatic carbocycles. The number of hydrogen-bond acceptors (Lipinski definition) is 1. The zero-order valence-corrected chi connectivity index (χ0v) is 8.78. The molecule has 2 nitrogen and oxygen atoms in total. The highest BCUT2D eigenvalue weighted by atomic mass is 19.1. The minimum Gasteiger partial charge on any atom is -0.351 e. The van der Waals surface area contributed by atoms with Gasteiger partial charge < -0.3 is 10.3 Å². The summed E-state index contributed by atoms with van der Waals surface area (Å²) >= 11 is 0. The number of nitrogens with zero attached hydrogens (tertiary/aromatic N) is 1. The molecule has 0 amide bonds. The summed E-state index contributed by atoms with van der Waals surface area (Å²) in [4.78, 5) is 0. The van der Waals surface area contributed by atoms with Crippen molar-refractivity contribution < 1.29 is 4.39 Å². The predicted molar refractivity (Wildman–Crippen MR) is 60.4 cm³/mol. The van der Waals surface area contributed by atoms with Crippen molar-refractivity contribution in [3.8, 4) is 0 Å². The number of halogens is 1. The zero-order chi connectivity index (χ0) is 10.8. The maximum absolute atomic E-state index is 13.6. The average molecular weight is 206 g/mol. The van der Waals surface area contributed by atoms with Crippen molar-refractivity contribution in [1.82, 2.24) is 4.57 Å². The summed E-state index contributed by atoms with van der Waals surface area (Å²) in [5, 5.41) is 1.14. The van der Waals surface area contributed by atoms with Crippen molar-refractivity contribution in [3.05, 3.63) is 36.0 Å². The second kappa shape index (κ2) is 4.03. The Bertz CT molecular complexity index is 462. The number of aryl methyl sites for hydroxylation is 1. The summed E-state index contributed by atoms with van der Waals surface area (Å²) in [6, 6.07) is 7.71. The normalized spacial score (nSPS) is 13.3. The first-order valence-corrected chi connectivity index (χ1v) is 5.11. The summed E-state index contributed by atoms with van der Waals surface area (Å²) in [5.41, 5.74) is 7.12. The Morgan fingerprint density at radius 2 is 2.20 bits per heavy atom. The third-order valence-corrected chi connectivity index (χ3v) is 2.69. The van der Waals surface area contributed by atoms with Gasteiger partial charge in [0.1, 0.15) is 6.17 Å². The first-order chi connectivity index (χ1) is 7.22. The van der Waals surface area contributed by atoms with Gasteiger partial charge in [0.15, 0.2) is 0 Å². The fraction of sp³-hybridized carbons (Fsp3) is 0.333. The Morgan fingerprint density at radius 1 is 1.40 bits per heavy atom. The van der Waals surface area contributed by atoms with E-state index >= 15 is 0 Å². The number of benzene rings is 1. The molecular formula is C12H15FN2. The predicted octanol–water partition coefficient (Wildman–Crippen LogP) is 2.54. The van der Waals surface area contributed by atoms with Gasteiger partial charge in [-0.1, -0.05) is 12.1 Å². The highest BCUT2D eigenvalue weighted by molar-refractivity contribution is 5.80. The summed E-state index contributed by atoms with van der Waals surface area (Å²) in [5.74, 6) is 0. The van der Waals surface area contributed by atoms with Crippen molar-refractivity contribution in [2.24, 2.45) is 12.8 Å². The van der Waals surface area contributed by atoms with Crippen LogP contribution in [0.5, 0.6) is 0 Å². The van der Waals surface area contributed by atoms with Crippen LogP contribution < -0.4 is 5.73 Å². The number of nitrogens with two attached hydrogens (primary N) is 1. The molecule has 0 spiro atoms. The van der Waals surface area contributed by atoms with Crippen LogP contribution in [0.15, 0.2) is 30.5 Å². The molecule has 1 heterocycles. The third kappa shape index (κ3) is 1.88. The molecule has 1 unspecified atom stereocenters. The van der Waals surface area contributed by atoms with Crippen LogP contribution in [0.3, 0.4) is 0 Å². The van der Waals surface area contributed by atoms with E-state index in [-0.39, 0.29) is 0 Å². The van der Waals surface area contributed by atoms with Crippen molar-refractivity contribution in [2.45, 2.75) is 12.6 Å². The van der Waals surface area contributed by atoms with Gasteiger partial charge in [-0.25, -0.2) is 4.39 Å². The van der Waals surface area contributed by atoms with Gasteiger partial charge in [0, 0.05) is 18.8 Å². The molecule has 1 atom stereocenters. The minimum absolute atomic E-state index is 0.381. The van der Waals surface area contributed by atoms with Crippen LogP contribution in [-0.4, -0.2) is 11.1 Å². The summed E-state index contributed by atoms with van der Waals surface area (Å²) in [7, 11) is 1.96. The molecule has 1 aromatic heterocycles. The van der Waals surface area contributed by atoms with Gasteiger partial charge in [-0.3, -0.25) is 0 Å². The quantitative estimate of drug-likeness (QED) is 0.822. The van der Waals surface area contributed by atoms with Crippen LogP contribution in [0.25, 0.3) is 10.9 Å². The van der Waals surface area contributed by atoms with Gasteiger partial charge in [-0.2, -0.15) is 0 Å². The van der Waals surface area contributed by atoms with Gasteiger partial charge >= 0.3 is 0 Å². The topological polar surface area (TPSA) is 30.9 Å². The molecule has 0 aliphatic carbocycles. The van der Waals surface area contributed by atoms with E-state index in [1.165, 1.54) is 0 Å². The van der Waals surface area contributed by atoms with Crippen LogP contribution >= 0.6 is 0 Å². The summed E-state index contributed by atoms with van der Waals surface area (Å²) in [6.07, 6.45) is 1.41. The monoisotopic (exact) mass is 206 g/mol. The molecule has 0 aliphatic heterocycles. The SMILES string of the molecule is Cn1ccc2ccc(C(F)CCN)cc21. The molecule has 0 aliphatic rings. The number of rotatable bonds is 3. The lowest BCUT2D eigenvalue weighted by molar-refractivity contribution is 0.328. The average Bonchev–Trinajstić information content (AvgIpc) is 2.60. The van der Waals surface area contributed by atoms with E-state index in [1.54, 1.807) is 0 Å². The Balaban J connectivity index is 2.41. The molecule has 0 radical (unpaired) electrons. The molecule has 2 rings (SSSR count). The molecular weight excluding hydrogens is 191 g/mol. The van der Waals surface area contributed by atoms with Crippen LogP contribution in [-0.2, 0) is 7.05 Å². The second-order valence-corrected chi connectivity index (χ2v) is 3.79. The third-order valence-electron chi connectivity index (χ3n) is 2.69. The van der Waals surface area contributed by atoms with Crippen molar-refractivity contribution in [3.63, 3.8) is 0 Å². The van der Waals surface area contributed by atoms with E-state index < -0.39 is 6.17 Å². The highest BCUT2D eigenvalue weighted by Gasteiger charge is 2.09. The van der Waals surface area contributed by atoms with E-state index in [9.17, 15) is 4.39 Å². The molecule has 2 N–H and O–H groups in total. The standard InChI is InChI=1S/C12H15FN2/c1-15-7-5-9-2-3-10(8-12(9)15)11(13)4-6-14/h2-3,5,7-8,11H,4,6,14H2,1H3. The van der Waals surface area contributed by atoms with E-state index in [0.29, 0.717) is 13.0 Å². The fourth-order valence-electron chi connectivity index (χ4n) is 1.79. The number of fused-ring (bicyclic) bond motifs is 1. The van der Waals surface area contributed by atoms with Gasteiger partial charge in [0.25, 0.3) is 0 Å². The molecule has 0 fully saturated rings. The Kier molecular flexibility index (Phi) is 2.73. The van der Waals surface area contributed by atoms with Crippen LogP contribution in [0, 0.1) is 0 Å².